The van der Waals surface area contributed by atoms with Gasteiger partial charge in [-0.25, -0.2) is 0 Å². The minimum Gasteiger partial charge on any atom is -0.306 e. The van der Waals surface area contributed by atoms with Gasteiger partial charge in [-0.1, -0.05) is 46.3 Å². The molecule has 1 aliphatic heterocycles. The molecule has 0 bridgehead atoms. The molecule has 3 heteroatoms. The number of benzene rings is 1. The lowest BCUT2D eigenvalue weighted by Crippen LogP contribution is -2.42. The van der Waals surface area contributed by atoms with E-state index in [0.29, 0.717) is 6.04 Å². The first kappa shape index (κ1) is 14.8. The molecule has 0 amide bonds. The Labute approximate surface area is 125 Å². The molecule has 1 aliphatic rings. The van der Waals surface area contributed by atoms with E-state index < -0.39 is 0 Å². The van der Waals surface area contributed by atoms with Gasteiger partial charge in [-0.15, -0.1) is 0 Å². The molecular weight excluding hydrogens is 300 g/mol. The van der Waals surface area contributed by atoms with Gasteiger partial charge in [0.15, 0.2) is 0 Å². The molecule has 1 aromatic rings. The second-order valence-corrected chi connectivity index (χ2v) is 6.47. The van der Waals surface area contributed by atoms with Crippen molar-refractivity contribution in [1.29, 1.82) is 0 Å². The van der Waals surface area contributed by atoms with E-state index in [9.17, 15) is 0 Å². The first-order chi connectivity index (χ1) is 9.15. The average molecular weight is 323 g/mol. The number of likely N-dealkylation sites (N-methyl/N-ethyl adjacent to an activating group) is 1. The van der Waals surface area contributed by atoms with Crippen LogP contribution in [-0.4, -0.2) is 49.6 Å². The van der Waals surface area contributed by atoms with Crippen LogP contribution in [0.1, 0.15) is 18.4 Å². The lowest BCUT2D eigenvalue weighted by Gasteiger charge is -2.35. The van der Waals surface area contributed by atoms with Crippen molar-refractivity contribution in [3.05, 3.63) is 40.4 Å². The van der Waals surface area contributed by atoms with Crippen LogP contribution in [-0.2, 0) is 0 Å². The number of halogens is 1. The van der Waals surface area contributed by atoms with E-state index in [1.165, 1.54) is 36.0 Å². The smallest absolute Gasteiger partial charge is 0.0299 e. The minimum absolute atomic E-state index is 0.716. The van der Waals surface area contributed by atoms with E-state index in [1.54, 1.807) is 0 Å². The lowest BCUT2D eigenvalue weighted by molar-refractivity contribution is 0.154. The highest BCUT2D eigenvalue weighted by Gasteiger charge is 2.20. The number of rotatable bonds is 4. The van der Waals surface area contributed by atoms with Crippen molar-refractivity contribution in [2.24, 2.45) is 0 Å². The molecule has 2 rings (SSSR count). The summed E-state index contributed by atoms with van der Waals surface area (Å²) in [6.45, 7) is 3.42. The fraction of sp³-hybridized carbons (Fsp3) is 0.500. The first-order valence-corrected chi connectivity index (χ1v) is 7.74. The van der Waals surface area contributed by atoms with E-state index in [1.807, 2.05) is 0 Å². The largest absolute Gasteiger partial charge is 0.306 e. The summed E-state index contributed by atoms with van der Waals surface area (Å²) in [5, 5.41) is 0. The van der Waals surface area contributed by atoms with E-state index >= 15 is 0 Å². The predicted octanol–water partition coefficient (Wildman–Crippen LogP) is 3.45. The highest BCUT2D eigenvalue weighted by Crippen LogP contribution is 2.18. The number of likely N-dealkylation sites (tertiary alicyclic amines) is 1. The third-order valence-electron chi connectivity index (χ3n) is 3.83. The van der Waals surface area contributed by atoms with Crippen LogP contribution in [0.4, 0.5) is 0 Å². The molecule has 0 radical (unpaired) electrons. The van der Waals surface area contributed by atoms with Crippen molar-refractivity contribution < 1.29 is 0 Å². The number of hydrogen-bond donors (Lipinski definition) is 0. The van der Waals surface area contributed by atoms with Crippen molar-refractivity contribution in [2.75, 3.05) is 33.7 Å². The van der Waals surface area contributed by atoms with Crippen LogP contribution in [0.25, 0.3) is 6.08 Å². The van der Waals surface area contributed by atoms with Gasteiger partial charge in [-0.2, -0.15) is 0 Å². The summed E-state index contributed by atoms with van der Waals surface area (Å²) in [6, 6.07) is 11.2. The molecule has 1 saturated heterocycles. The predicted molar refractivity (Wildman–Crippen MR) is 86.5 cm³/mol. The maximum Gasteiger partial charge on any atom is 0.0299 e. The highest BCUT2D eigenvalue weighted by atomic mass is 79.9. The molecular formula is C16H23BrN2. The number of hydrogen-bond acceptors (Lipinski definition) is 2. The molecule has 0 atom stereocenters. The van der Waals surface area contributed by atoms with Crippen LogP contribution >= 0.6 is 15.9 Å². The Bertz CT molecular complexity index is 408. The SMILES string of the molecule is CN1CCC(N(C)CC(Br)=Cc2ccccc2)CC1. The standard InChI is InChI=1S/C16H23BrN2/c1-18-10-8-16(9-11-18)19(2)13-15(17)12-14-6-4-3-5-7-14/h3-7,12,16H,8-11,13H2,1-2H3. The van der Waals surface area contributed by atoms with Gasteiger partial charge < -0.3 is 4.90 Å². The molecule has 0 aliphatic carbocycles. The van der Waals surface area contributed by atoms with E-state index in [0.717, 1.165) is 6.54 Å². The maximum atomic E-state index is 3.70. The van der Waals surface area contributed by atoms with Crippen molar-refractivity contribution in [1.82, 2.24) is 9.80 Å². The summed E-state index contributed by atoms with van der Waals surface area (Å²) in [4.78, 5) is 4.88. The highest BCUT2D eigenvalue weighted by molar-refractivity contribution is 9.11. The van der Waals surface area contributed by atoms with Crippen LogP contribution in [0.5, 0.6) is 0 Å². The van der Waals surface area contributed by atoms with Gasteiger partial charge in [0.25, 0.3) is 0 Å². The topological polar surface area (TPSA) is 6.48 Å². The second-order valence-electron chi connectivity index (χ2n) is 5.45. The quantitative estimate of drug-likeness (QED) is 0.837. The van der Waals surface area contributed by atoms with E-state index in [-0.39, 0.29) is 0 Å². The molecule has 104 valence electrons. The number of piperidine rings is 1. The zero-order valence-electron chi connectivity index (χ0n) is 11.8. The summed E-state index contributed by atoms with van der Waals surface area (Å²) in [6.07, 6.45) is 4.77. The molecule has 1 aromatic carbocycles. The maximum absolute atomic E-state index is 3.70. The zero-order chi connectivity index (χ0) is 13.7. The molecule has 1 heterocycles. The number of nitrogens with zero attached hydrogens (tertiary/aromatic N) is 2. The fourth-order valence-electron chi connectivity index (χ4n) is 2.58. The van der Waals surface area contributed by atoms with Crippen molar-refractivity contribution >= 4 is 22.0 Å². The van der Waals surface area contributed by atoms with Crippen LogP contribution in [0.15, 0.2) is 34.8 Å². The first-order valence-electron chi connectivity index (χ1n) is 6.95. The Kier molecular flexibility index (Phi) is 5.61. The summed E-state index contributed by atoms with van der Waals surface area (Å²) >= 11 is 3.70. The van der Waals surface area contributed by atoms with Gasteiger partial charge in [0.2, 0.25) is 0 Å². The Hall–Kier alpha value is -0.640. The zero-order valence-corrected chi connectivity index (χ0v) is 13.4. The average Bonchev–Trinajstić information content (AvgIpc) is 2.40. The Morgan fingerprint density at radius 3 is 2.58 bits per heavy atom. The van der Waals surface area contributed by atoms with Gasteiger partial charge in [-0.3, -0.25) is 4.90 Å². The van der Waals surface area contributed by atoms with Crippen molar-refractivity contribution in [2.45, 2.75) is 18.9 Å². The summed E-state index contributed by atoms with van der Waals surface area (Å²) in [7, 11) is 4.44. The van der Waals surface area contributed by atoms with E-state index in [4.69, 9.17) is 0 Å². The van der Waals surface area contributed by atoms with Crippen LogP contribution in [0.3, 0.4) is 0 Å². The summed E-state index contributed by atoms with van der Waals surface area (Å²) in [5.74, 6) is 0. The monoisotopic (exact) mass is 322 g/mol. The summed E-state index contributed by atoms with van der Waals surface area (Å²) < 4.78 is 1.25. The van der Waals surface area contributed by atoms with Gasteiger partial charge in [0.1, 0.15) is 0 Å². The second kappa shape index (κ2) is 7.22. The third-order valence-corrected chi connectivity index (χ3v) is 4.31. The molecule has 19 heavy (non-hydrogen) atoms. The van der Waals surface area contributed by atoms with Gasteiger partial charge in [0.05, 0.1) is 0 Å². The Morgan fingerprint density at radius 2 is 1.95 bits per heavy atom. The molecule has 2 nitrogen and oxygen atoms in total. The third kappa shape index (κ3) is 4.75. The van der Waals surface area contributed by atoms with Crippen LogP contribution in [0.2, 0.25) is 0 Å². The molecule has 0 saturated carbocycles. The van der Waals surface area contributed by atoms with Crippen molar-refractivity contribution in [3.8, 4) is 0 Å². The van der Waals surface area contributed by atoms with Crippen LogP contribution < -0.4 is 0 Å². The van der Waals surface area contributed by atoms with Crippen molar-refractivity contribution in [3.63, 3.8) is 0 Å². The normalized spacial score (nSPS) is 19.1. The molecule has 0 spiro atoms. The molecule has 0 N–H and O–H groups in total. The Morgan fingerprint density at radius 1 is 1.32 bits per heavy atom. The van der Waals surface area contributed by atoms with Gasteiger partial charge in [-0.05, 0) is 51.7 Å². The van der Waals surface area contributed by atoms with Crippen LogP contribution in [0, 0.1) is 0 Å². The molecule has 1 fully saturated rings. The minimum atomic E-state index is 0.716. The van der Waals surface area contributed by atoms with Gasteiger partial charge in [0, 0.05) is 17.1 Å². The summed E-state index contributed by atoms with van der Waals surface area (Å²) in [5.41, 5.74) is 1.26. The molecule has 0 aromatic heterocycles. The van der Waals surface area contributed by atoms with E-state index in [2.05, 4.69) is 76.2 Å². The van der Waals surface area contributed by atoms with Gasteiger partial charge >= 0.3 is 0 Å². The lowest BCUT2D eigenvalue weighted by atomic mass is 10.0. The fourth-order valence-corrected chi connectivity index (χ4v) is 3.24. The Balaban J connectivity index is 1.88. The molecule has 0 unspecified atom stereocenters.